The number of thioether (sulfide) groups is 1. The first kappa shape index (κ1) is 19.7. The van der Waals surface area contributed by atoms with Gasteiger partial charge in [-0.2, -0.15) is 0 Å². The van der Waals surface area contributed by atoms with Crippen molar-refractivity contribution in [3.8, 4) is 17.1 Å². The molecule has 3 N–H and O–H groups in total. The van der Waals surface area contributed by atoms with E-state index in [0.29, 0.717) is 34.6 Å². The predicted octanol–water partition coefficient (Wildman–Crippen LogP) is 3.32. The number of carbonyl (C=O) groups is 1. The molecular weight excluding hydrogens is 381 g/mol. The molecule has 0 saturated carbocycles. The summed E-state index contributed by atoms with van der Waals surface area (Å²) in [6.45, 7) is 4.12. The predicted molar refractivity (Wildman–Crippen MR) is 107 cm³/mol. The van der Waals surface area contributed by atoms with Crippen LogP contribution in [0.25, 0.3) is 11.4 Å². The average molecular weight is 401 g/mol. The molecule has 0 saturated heterocycles. The van der Waals surface area contributed by atoms with Gasteiger partial charge in [0, 0.05) is 5.56 Å². The van der Waals surface area contributed by atoms with Crippen LogP contribution in [-0.4, -0.2) is 32.6 Å². The molecule has 0 aliphatic heterocycles. The molecule has 0 unspecified atom stereocenters. The lowest BCUT2D eigenvalue weighted by Crippen LogP contribution is -2.24. The molecule has 28 heavy (non-hydrogen) atoms. The van der Waals surface area contributed by atoms with Crippen molar-refractivity contribution in [2.24, 2.45) is 0 Å². The minimum atomic E-state index is -0.484. The van der Waals surface area contributed by atoms with Gasteiger partial charge in [-0.1, -0.05) is 23.9 Å². The summed E-state index contributed by atoms with van der Waals surface area (Å²) in [7, 11) is 0. The molecule has 2 aromatic carbocycles. The van der Waals surface area contributed by atoms with E-state index in [1.807, 2.05) is 19.1 Å². The lowest BCUT2D eigenvalue weighted by atomic mass is 10.2. The molecule has 1 aromatic heterocycles. The van der Waals surface area contributed by atoms with E-state index in [0.717, 1.165) is 0 Å². The summed E-state index contributed by atoms with van der Waals surface area (Å²) in [6.07, 6.45) is 0. The Morgan fingerprint density at radius 1 is 1.25 bits per heavy atom. The van der Waals surface area contributed by atoms with Gasteiger partial charge in [0.1, 0.15) is 11.6 Å². The van der Waals surface area contributed by atoms with Crippen molar-refractivity contribution in [3.05, 3.63) is 54.3 Å². The number of nitrogens with one attached hydrogen (secondary N) is 1. The van der Waals surface area contributed by atoms with E-state index in [-0.39, 0.29) is 11.7 Å². The smallest absolute Gasteiger partial charge is 0.237 e. The number of nitrogen functional groups attached to an aromatic ring is 1. The van der Waals surface area contributed by atoms with E-state index in [9.17, 15) is 9.18 Å². The molecule has 0 aliphatic rings. The van der Waals surface area contributed by atoms with Crippen molar-refractivity contribution >= 4 is 23.4 Å². The fourth-order valence-corrected chi connectivity index (χ4v) is 3.22. The van der Waals surface area contributed by atoms with Crippen molar-refractivity contribution in [2.75, 3.05) is 17.8 Å². The maximum Gasteiger partial charge on any atom is 0.237 e. The summed E-state index contributed by atoms with van der Waals surface area (Å²) in [6, 6.07) is 13.0. The van der Waals surface area contributed by atoms with Crippen LogP contribution in [0.2, 0.25) is 0 Å². The number of nitrogens with two attached hydrogens (primary N) is 1. The monoisotopic (exact) mass is 401 g/mol. The number of halogens is 1. The Morgan fingerprint density at radius 3 is 2.68 bits per heavy atom. The molecule has 0 radical (unpaired) electrons. The van der Waals surface area contributed by atoms with Crippen LogP contribution < -0.4 is 15.9 Å². The fourth-order valence-electron chi connectivity index (χ4n) is 2.45. The van der Waals surface area contributed by atoms with Gasteiger partial charge in [0.25, 0.3) is 0 Å². The summed E-state index contributed by atoms with van der Waals surface area (Å²) < 4.78 is 19.9. The van der Waals surface area contributed by atoms with Gasteiger partial charge in [0.2, 0.25) is 11.1 Å². The van der Waals surface area contributed by atoms with Crippen LogP contribution in [0.3, 0.4) is 0 Å². The zero-order valence-electron chi connectivity index (χ0n) is 15.4. The Hall–Kier alpha value is -3.07. The molecule has 7 nitrogen and oxygen atoms in total. The molecule has 0 fully saturated rings. The van der Waals surface area contributed by atoms with Crippen molar-refractivity contribution in [1.82, 2.24) is 14.9 Å². The van der Waals surface area contributed by atoms with Crippen molar-refractivity contribution in [3.63, 3.8) is 0 Å². The van der Waals surface area contributed by atoms with E-state index < -0.39 is 5.25 Å². The highest BCUT2D eigenvalue weighted by Crippen LogP contribution is 2.28. The van der Waals surface area contributed by atoms with Crippen LogP contribution in [-0.2, 0) is 4.79 Å². The summed E-state index contributed by atoms with van der Waals surface area (Å²) in [5.74, 6) is 6.49. The molecular formula is C19H20FN5O2S. The van der Waals surface area contributed by atoms with Gasteiger partial charge < -0.3 is 15.9 Å². The quantitative estimate of drug-likeness (QED) is 0.466. The third-order valence-electron chi connectivity index (χ3n) is 3.86. The number of para-hydroxylation sites is 2. The van der Waals surface area contributed by atoms with Gasteiger partial charge in [-0.3, -0.25) is 4.79 Å². The molecule has 0 aliphatic carbocycles. The topological polar surface area (TPSA) is 95.1 Å². The number of ether oxygens (including phenoxy) is 1. The number of aromatic nitrogens is 3. The van der Waals surface area contributed by atoms with Crippen LogP contribution >= 0.6 is 11.8 Å². The highest BCUT2D eigenvalue weighted by atomic mass is 32.2. The van der Waals surface area contributed by atoms with E-state index in [1.54, 1.807) is 31.2 Å². The standard InChI is InChI=1S/C19H20FN5O2S/c1-3-27-16-7-5-4-6-15(16)22-18(26)12(2)28-19-24-23-17(25(19)21)13-8-10-14(20)11-9-13/h4-12H,3,21H2,1-2H3,(H,22,26)/t12-/m0/s1. The molecule has 1 amide bonds. The fraction of sp³-hybridized carbons (Fsp3) is 0.211. The number of rotatable bonds is 7. The van der Waals surface area contributed by atoms with Crippen molar-refractivity contribution < 1.29 is 13.9 Å². The number of amides is 1. The number of benzene rings is 2. The van der Waals surface area contributed by atoms with Crippen LogP contribution in [0.5, 0.6) is 5.75 Å². The highest BCUT2D eigenvalue weighted by Gasteiger charge is 2.21. The van der Waals surface area contributed by atoms with Gasteiger partial charge in [-0.05, 0) is 50.2 Å². The third kappa shape index (κ3) is 4.42. The average Bonchev–Trinajstić information content (AvgIpc) is 3.04. The summed E-state index contributed by atoms with van der Waals surface area (Å²) >= 11 is 1.17. The second kappa shape index (κ2) is 8.75. The first-order valence-electron chi connectivity index (χ1n) is 8.65. The van der Waals surface area contributed by atoms with Gasteiger partial charge in [0.05, 0.1) is 17.5 Å². The summed E-state index contributed by atoms with van der Waals surface area (Å²) in [5.41, 5.74) is 1.23. The third-order valence-corrected chi connectivity index (χ3v) is 4.92. The highest BCUT2D eigenvalue weighted by molar-refractivity contribution is 8.00. The summed E-state index contributed by atoms with van der Waals surface area (Å²) in [4.78, 5) is 12.6. The number of hydrogen-bond acceptors (Lipinski definition) is 6. The van der Waals surface area contributed by atoms with E-state index in [4.69, 9.17) is 10.6 Å². The molecule has 9 heteroatoms. The van der Waals surface area contributed by atoms with E-state index in [2.05, 4.69) is 15.5 Å². The largest absolute Gasteiger partial charge is 0.492 e. The van der Waals surface area contributed by atoms with Gasteiger partial charge >= 0.3 is 0 Å². The van der Waals surface area contributed by atoms with Gasteiger partial charge in [-0.15, -0.1) is 10.2 Å². The second-order valence-corrected chi connectivity index (χ2v) is 7.17. The molecule has 1 heterocycles. The molecule has 0 spiro atoms. The maximum atomic E-state index is 13.1. The maximum absolute atomic E-state index is 13.1. The van der Waals surface area contributed by atoms with Gasteiger partial charge in [-0.25, -0.2) is 9.07 Å². The Kier molecular flexibility index (Phi) is 6.15. The first-order valence-corrected chi connectivity index (χ1v) is 9.53. The number of carbonyl (C=O) groups excluding carboxylic acids is 1. The SMILES string of the molecule is CCOc1ccccc1NC(=O)[C@H](C)Sc1nnc(-c2ccc(F)cc2)n1N. The lowest BCUT2D eigenvalue weighted by molar-refractivity contribution is -0.115. The normalized spacial score (nSPS) is 11.8. The second-order valence-electron chi connectivity index (χ2n) is 5.86. The first-order chi connectivity index (χ1) is 13.5. The minimum absolute atomic E-state index is 0.219. The van der Waals surface area contributed by atoms with Crippen LogP contribution in [0.4, 0.5) is 10.1 Å². The van der Waals surface area contributed by atoms with Crippen LogP contribution in [0.1, 0.15) is 13.8 Å². The Morgan fingerprint density at radius 2 is 1.96 bits per heavy atom. The minimum Gasteiger partial charge on any atom is -0.492 e. The van der Waals surface area contributed by atoms with E-state index in [1.165, 1.54) is 28.6 Å². The Bertz CT molecular complexity index is 961. The van der Waals surface area contributed by atoms with Crippen molar-refractivity contribution in [2.45, 2.75) is 24.3 Å². The molecule has 3 rings (SSSR count). The summed E-state index contributed by atoms with van der Waals surface area (Å²) in [5, 5.41) is 10.8. The molecule has 0 bridgehead atoms. The number of hydrogen-bond donors (Lipinski definition) is 2. The van der Waals surface area contributed by atoms with Crippen LogP contribution in [0.15, 0.2) is 53.7 Å². The van der Waals surface area contributed by atoms with Gasteiger partial charge in [0.15, 0.2) is 5.82 Å². The zero-order chi connectivity index (χ0) is 20.1. The Labute approximate surface area is 166 Å². The van der Waals surface area contributed by atoms with Crippen LogP contribution in [0, 0.1) is 5.82 Å². The lowest BCUT2D eigenvalue weighted by Gasteiger charge is -2.14. The zero-order valence-corrected chi connectivity index (χ0v) is 16.2. The Balaban J connectivity index is 1.70. The van der Waals surface area contributed by atoms with E-state index >= 15 is 0 Å². The molecule has 146 valence electrons. The molecule has 1 atom stereocenters. The number of nitrogens with zero attached hydrogens (tertiary/aromatic N) is 3. The number of anilines is 1. The van der Waals surface area contributed by atoms with Crippen molar-refractivity contribution in [1.29, 1.82) is 0 Å². The molecule has 3 aromatic rings.